The summed E-state index contributed by atoms with van der Waals surface area (Å²) in [7, 11) is 0. The van der Waals surface area contributed by atoms with Gasteiger partial charge in [-0.1, -0.05) is 6.07 Å². The van der Waals surface area contributed by atoms with E-state index in [0.717, 1.165) is 22.5 Å². The third kappa shape index (κ3) is 2.06. The van der Waals surface area contributed by atoms with Gasteiger partial charge in [0.1, 0.15) is 23.4 Å². The molecule has 0 fully saturated rings. The first-order valence-corrected chi connectivity index (χ1v) is 5.92. The highest BCUT2D eigenvalue weighted by molar-refractivity contribution is 5.41. The van der Waals surface area contributed by atoms with Gasteiger partial charge in [-0.3, -0.25) is 0 Å². The van der Waals surface area contributed by atoms with E-state index in [1.54, 1.807) is 13.0 Å². The molecular weight excluding hydrogens is 231 g/mol. The molecule has 0 saturated carbocycles. The van der Waals surface area contributed by atoms with Gasteiger partial charge in [0.05, 0.1) is 0 Å². The van der Waals surface area contributed by atoms with Gasteiger partial charge in [-0.05, 0) is 56.5 Å². The predicted molar refractivity (Wildman–Crippen MR) is 68.1 cm³/mol. The molecule has 2 nitrogen and oxygen atoms in total. The van der Waals surface area contributed by atoms with Gasteiger partial charge in [0.15, 0.2) is 0 Å². The minimum Gasteiger partial charge on any atom is -0.466 e. The number of halogens is 1. The SMILES string of the molecule is Cc1cc(F)ccc1C(O)c1c(C)oc(C)c1C. The molecule has 0 bridgehead atoms. The van der Waals surface area contributed by atoms with E-state index in [4.69, 9.17) is 4.42 Å². The van der Waals surface area contributed by atoms with Crippen molar-refractivity contribution in [1.29, 1.82) is 0 Å². The van der Waals surface area contributed by atoms with E-state index >= 15 is 0 Å². The molecule has 1 heterocycles. The molecule has 18 heavy (non-hydrogen) atoms. The van der Waals surface area contributed by atoms with E-state index in [1.165, 1.54) is 12.1 Å². The van der Waals surface area contributed by atoms with Gasteiger partial charge in [-0.2, -0.15) is 0 Å². The fourth-order valence-corrected chi connectivity index (χ4v) is 2.31. The second kappa shape index (κ2) is 4.58. The van der Waals surface area contributed by atoms with Crippen molar-refractivity contribution >= 4 is 0 Å². The number of hydrogen-bond acceptors (Lipinski definition) is 2. The lowest BCUT2D eigenvalue weighted by Gasteiger charge is -2.14. The summed E-state index contributed by atoms with van der Waals surface area (Å²) in [5.41, 5.74) is 3.18. The maximum absolute atomic E-state index is 13.1. The molecule has 0 aliphatic carbocycles. The average molecular weight is 248 g/mol. The van der Waals surface area contributed by atoms with Crippen molar-refractivity contribution in [2.75, 3.05) is 0 Å². The van der Waals surface area contributed by atoms with Crippen molar-refractivity contribution in [1.82, 2.24) is 0 Å². The molecule has 0 radical (unpaired) electrons. The summed E-state index contributed by atoms with van der Waals surface area (Å²) in [6.07, 6.45) is -0.775. The van der Waals surface area contributed by atoms with Crippen molar-refractivity contribution < 1.29 is 13.9 Å². The van der Waals surface area contributed by atoms with Crippen LogP contribution in [0.5, 0.6) is 0 Å². The number of aliphatic hydroxyl groups is 1. The minimum absolute atomic E-state index is 0.291. The Morgan fingerprint density at radius 3 is 2.28 bits per heavy atom. The van der Waals surface area contributed by atoms with Crippen LogP contribution < -0.4 is 0 Å². The normalized spacial score (nSPS) is 12.8. The molecular formula is C15H17FO2. The molecule has 0 aliphatic heterocycles. The Bertz CT molecular complexity index is 584. The summed E-state index contributed by atoms with van der Waals surface area (Å²) in [6.45, 7) is 7.41. The van der Waals surface area contributed by atoms with Crippen molar-refractivity contribution in [2.24, 2.45) is 0 Å². The largest absolute Gasteiger partial charge is 0.466 e. The second-order valence-corrected chi connectivity index (χ2v) is 4.66. The number of rotatable bonds is 2. The lowest BCUT2D eigenvalue weighted by molar-refractivity contribution is 0.216. The average Bonchev–Trinajstić information content (AvgIpc) is 2.52. The highest BCUT2D eigenvalue weighted by atomic mass is 19.1. The van der Waals surface area contributed by atoms with E-state index < -0.39 is 6.10 Å². The highest BCUT2D eigenvalue weighted by Crippen LogP contribution is 2.32. The lowest BCUT2D eigenvalue weighted by Crippen LogP contribution is -2.04. The van der Waals surface area contributed by atoms with Gasteiger partial charge in [0.2, 0.25) is 0 Å². The molecule has 1 atom stereocenters. The Balaban J connectivity index is 2.51. The Hall–Kier alpha value is -1.61. The quantitative estimate of drug-likeness (QED) is 0.878. The second-order valence-electron chi connectivity index (χ2n) is 4.66. The van der Waals surface area contributed by atoms with E-state index in [-0.39, 0.29) is 5.82 Å². The van der Waals surface area contributed by atoms with Gasteiger partial charge in [-0.15, -0.1) is 0 Å². The van der Waals surface area contributed by atoms with Crippen LogP contribution in [0.15, 0.2) is 22.6 Å². The summed E-state index contributed by atoms with van der Waals surface area (Å²) >= 11 is 0. The summed E-state index contributed by atoms with van der Waals surface area (Å²) < 4.78 is 18.6. The van der Waals surface area contributed by atoms with Crippen LogP contribution >= 0.6 is 0 Å². The Morgan fingerprint density at radius 2 is 1.78 bits per heavy atom. The standard InChI is InChI=1S/C15H17FO2/c1-8-7-12(16)5-6-13(8)15(17)14-9(2)10(3)18-11(14)4/h5-7,15,17H,1-4H3. The maximum Gasteiger partial charge on any atom is 0.123 e. The van der Waals surface area contributed by atoms with Crippen LogP contribution in [0, 0.1) is 33.5 Å². The smallest absolute Gasteiger partial charge is 0.123 e. The molecule has 96 valence electrons. The van der Waals surface area contributed by atoms with Gasteiger partial charge >= 0.3 is 0 Å². The first-order chi connectivity index (χ1) is 8.41. The number of aryl methyl sites for hydroxylation is 3. The van der Waals surface area contributed by atoms with E-state index in [2.05, 4.69) is 0 Å². The summed E-state index contributed by atoms with van der Waals surface area (Å²) in [6, 6.07) is 4.41. The van der Waals surface area contributed by atoms with Crippen LogP contribution in [-0.2, 0) is 0 Å². The van der Waals surface area contributed by atoms with E-state index in [1.807, 2.05) is 20.8 Å². The molecule has 1 aromatic carbocycles. The Morgan fingerprint density at radius 1 is 1.11 bits per heavy atom. The molecule has 3 heteroatoms. The maximum atomic E-state index is 13.1. The summed E-state index contributed by atoms with van der Waals surface area (Å²) in [5.74, 6) is 1.22. The molecule has 1 unspecified atom stereocenters. The summed E-state index contributed by atoms with van der Waals surface area (Å²) in [4.78, 5) is 0. The van der Waals surface area contributed by atoms with Crippen molar-refractivity contribution in [3.8, 4) is 0 Å². The van der Waals surface area contributed by atoms with Crippen molar-refractivity contribution in [3.05, 3.63) is 57.8 Å². The van der Waals surface area contributed by atoms with Crippen molar-refractivity contribution in [2.45, 2.75) is 33.8 Å². The first kappa shape index (κ1) is 12.8. The molecule has 0 aliphatic rings. The molecule has 2 rings (SSSR count). The van der Waals surface area contributed by atoms with Crippen LogP contribution in [0.25, 0.3) is 0 Å². The first-order valence-electron chi connectivity index (χ1n) is 5.92. The number of benzene rings is 1. The van der Waals surface area contributed by atoms with Crippen LogP contribution in [0.3, 0.4) is 0 Å². The Kier molecular flexibility index (Phi) is 3.26. The number of aliphatic hydroxyl groups excluding tert-OH is 1. The fraction of sp³-hybridized carbons (Fsp3) is 0.333. The number of hydrogen-bond donors (Lipinski definition) is 1. The zero-order chi connectivity index (χ0) is 13.4. The zero-order valence-corrected chi connectivity index (χ0v) is 11.0. The summed E-state index contributed by atoms with van der Waals surface area (Å²) in [5, 5.41) is 10.5. The van der Waals surface area contributed by atoms with E-state index in [9.17, 15) is 9.50 Å². The molecule has 0 amide bonds. The Labute approximate surface area is 106 Å². The van der Waals surface area contributed by atoms with Gasteiger partial charge < -0.3 is 9.52 Å². The molecule has 0 saturated heterocycles. The molecule has 0 spiro atoms. The van der Waals surface area contributed by atoms with E-state index in [0.29, 0.717) is 11.3 Å². The topological polar surface area (TPSA) is 33.4 Å². The van der Waals surface area contributed by atoms with Crippen molar-refractivity contribution in [3.63, 3.8) is 0 Å². The predicted octanol–water partition coefficient (Wildman–Crippen LogP) is 3.73. The lowest BCUT2D eigenvalue weighted by atomic mass is 9.95. The van der Waals surface area contributed by atoms with Gasteiger partial charge in [0, 0.05) is 5.56 Å². The molecule has 1 aromatic heterocycles. The van der Waals surface area contributed by atoms with Gasteiger partial charge in [-0.25, -0.2) is 4.39 Å². The van der Waals surface area contributed by atoms with Crippen LogP contribution in [-0.4, -0.2) is 5.11 Å². The molecule has 2 aromatic rings. The number of furan rings is 1. The third-order valence-corrected chi connectivity index (χ3v) is 3.42. The van der Waals surface area contributed by atoms with Crippen LogP contribution in [0.2, 0.25) is 0 Å². The van der Waals surface area contributed by atoms with Crippen LogP contribution in [0.4, 0.5) is 4.39 Å². The van der Waals surface area contributed by atoms with Crippen LogP contribution in [0.1, 0.15) is 39.9 Å². The zero-order valence-electron chi connectivity index (χ0n) is 11.0. The minimum atomic E-state index is -0.775. The monoisotopic (exact) mass is 248 g/mol. The fourth-order valence-electron chi connectivity index (χ4n) is 2.31. The highest BCUT2D eigenvalue weighted by Gasteiger charge is 2.21. The third-order valence-electron chi connectivity index (χ3n) is 3.42. The van der Waals surface area contributed by atoms with Gasteiger partial charge in [0.25, 0.3) is 0 Å². The molecule has 1 N–H and O–H groups in total.